The van der Waals surface area contributed by atoms with E-state index < -0.39 is 48.9 Å². The fourth-order valence-electron chi connectivity index (χ4n) is 3.53. The van der Waals surface area contributed by atoms with E-state index in [2.05, 4.69) is 0 Å². The molecule has 0 aromatic heterocycles. The number of methoxy groups -OCH3 is 1. The molecule has 0 amide bonds. The molecule has 0 radical (unpaired) electrons. The first kappa shape index (κ1) is 23.0. The van der Waals surface area contributed by atoms with Crippen LogP contribution in [-0.4, -0.2) is 83.2 Å². The highest BCUT2D eigenvalue weighted by atomic mass is 16.7. The zero-order chi connectivity index (χ0) is 23.7. The second-order valence-electron chi connectivity index (χ2n) is 7.41. The molecule has 11 nitrogen and oxygen atoms in total. The van der Waals surface area contributed by atoms with Crippen molar-refractivity contribution in [3.8, 4) is 23.0 Å². The Bertz CT molecular complexity index is 1050. The average Bonchev–Trinajstić information content (AvgIpc) is 3.32. The SMILES string of the molecule is COc1cc(C(=O)C(=O)c2cccc(O[C@@H]3O[C@H](CO)[C@@H](O)[C@H](O)[C@H]3O)c2)cc2c1OCO2. The number of benzene rings is 2. The molecule has 0 unspecified atom stereocenters. The van der Waals surface area contributed by atoms with Crippen molar-refractivity contribution in [2.24, 2.45) is 0 Å². The highest BCUT2D eigenvalue weighted by molar-refractivity contribution is 6.49. The molecule has 1 fully saturated rings. The summed E-state index contributed by atoms with van der Waals surface area (Å²) in [6.07, 6.45) is -7.35. The van der Waals surface area contributed by atoms with Crippen LogP contribution in [-0.2, 0) is 4.74 Å². The second-order valence-corrected chi connectivity index (χ2v) is 7.41. The third kappa shape index (κ3) is 4.36. The van der Waals surface area contributed by atoms with Crippen LogP contribution >= 0.6 is 0 Å². The summed E-state index contributed by atoms with van der Waals surface area (Å²) in [5, 5.41) is 39.2. The fraction of sp³-hybridized carbons (Fsp3) is 0.364. The molecule has 0 aliphatic carbocycles. The predicted octanol–water partition coefficient (Wildman–Crippen LogP) is -0.332. The van der Waals surface area contributed by atoms with E-state index in [1.807, 2.05) is 0 Å². The molecule has 33 heavy (non-hydrogen) atoms. The smallest absolute Gasteiger partial charge is 0.233 e. The number of hydrogen-bond acceptors (Lipinski definition) is 11. The molecule has 2 aromatic carbocycles. The monoisotopic (exact) mass is 462 g/mol. The van der Waals surface area contributed by atoms with Crippen molar-refractivity contribution in [3.63, 3.8) is 0 Å². The average molecular weight is 462 g/mol. The topological polar surface area (TPSA) is 161 Å². The lowest BCUT2D eigenvalue weighted by molar-refractivity contribution is -0.277. The van der Waals surface area contributed by atoms with Gasteiger partial charge in [-0.25, -0.2) is 0 Å². The number of rotatable bonds is 7. The van der Waals surface area contributed by atoms with Gasteiger partial charge < -0.3 is 44.1 Å². The van der Waals surface area contributed by atoms with Gasteiger partial charge in [-0.05, 0) is 24.3 Å². The van der Waals surface area contributed by atoms with Crippen LogP contribution in [0.1, 0.15) is 20.7 Å². The third-order valence-corrected chi connectivity index (χ3v) is 5.32. The van der Waals surface area contributed by atoms with Gasteiger partial charge >= 0.3 is 0 Å². The summed E-state index contributed by atoms with van der Waals surface area (Å²) >= 11 is 0. The molecule has 176 valence electrons. The summed E-state index contributed by atoms with van der Waals surface area (Å²) < 4.78 is 26.6. The first-order chi connectivity index (χ1) is 15.8. The number of ketones is 2. The Hall–Kier alpha value is -3.22. The zero-order valence-electron chi connectivity index (χ0n) is 17.4. The quantitative estimate of drug-likeness (QED) is 0.315. The van der Waals surface area contributed by atoms with Crippen LogP contribution < -0.4 is 18.9 Å². The minimum Gasteiger partial charge on any atom is -0.493 e. The molecule has 2 heterocycles. The van der Waals surface area contributed by atoms with Crippen molar-refractivity contribution in [3.05, 3.63) is 47.5 Å². The Morgan fingerprint density at radius 3 is 2.48 bits per heavy atom. The summed E-state index contributed by atoms with van der Waals surface area (Å²) in [5.41, 5.74) is 0.0417. The van der Waals surface area contributed by atoms with Crippen LogP contribution in [0.25, 0.3) is 0 Å². The highest BCUT2D eigenvalue weighted by Crippen LogP contribution is 2.42. The zero-order valence-corrected chi connectivity index (χ0v) is 17.4. The third-order valence-electron chi connectivity index (χ3n) is 5.32. The number of hydrogen-bond donors (Lipinski definition) is 4. The number of aliphatic hydroxyl groups is 4. The Morgan fingerprint density at radius 1 is 1.00 bits per heavy atom. The predicted molar refractivity (Wildman–Crippen MR) is 109 cm³/mol. The molecule has 2 aliphatic rings. The Balaban J connectivity index is 1.53. The van der Waals surface area contributed by atoms with Gasteiger partial charge in [-0.3, -0.25) is 9.59 Å². The summed E-state index contributed by atoms with van der Waals surface area (Å²) in [5.74, 6) is -0.726. The molecule has 0 bridgehead atoms. The number of Topliss-reactive ketones (excluding diaryl/α,β-unsaturated/α-hetero) is 2. The molecule has 1 saturated heterocycles. The lowest BCUT2D eigenvalue weighted by atomic mass is 9.99. The van der Waals surface area contributed by atoms with Gasteiger partial charge in [0.25, 0.3) is 0 Å². The van der Waals surface area contributed by atoms with Crippen LogP contribution in [0.15, 0.2) is 36.4 Å². The molecule has 2 aliphatic heterocycles. The summed E-state index contributed by atoms with van der Waals surface area (Å²) in [4.78, 5) is 25.7. The van der Waals surface area contributed by atoms with Crippen molar-refractivity contribution in [2.75, 3.05) is 20.5 Å². The van der Waals surface area contributed by atoms with E-state index in [0.29, 0.717) is 5.75 Å². The number of aliphatic hydroxyl groups excluding tert-OH is 4. The van der Waals surface area contributed by atoms with Crippen molar-refractivity contribution in [1.82, 2.24) is 0 Å². The van der Waals surface area contributed by atoms with Gasteiger partial charge in [-0.2, -0.15) is 0 Å². The summed E-state index contributed by atoms with van der Waals surface area (Å²) in [6, 6.07) is 8.35. The van der Waals surface area contributed by atoms with Gasteiger partial charge in [0.15, 0.2) is 11.5 Å². The van der Waals surface area contributed by atoms with Crippen LogP contribution in [0, 0.1) is 0 Å². The second kappa shape index (κ2) is 9.33. The number of fused-ring (bicyclic) bond motifs is 1. The maximum Gasteiger partial charge on any atom is 0.233 e. The van der Waals surface area contributed by atoms with E-state index >= 15 is 0 Å². The maximum absolute atomic E-state index is 12.8. The Labute approximate surface area is 187 Å². The van der Waals surface area contributed by atoms with Crippen LogP contribution in [0.4, 0.5) is 0 Å². The first-order valence-electron chi connectivity index (χ1n) is 9.98. The van der Waals surface area contributed by atoms with E-state index in [0.717, 1.165) is 0 Å². The largest absolute Gasteiger partial charge is 0.493 e. The molecule has 5 atom stereocenters. The van der Waals surface area contributed by atoms with Gasteiger partial charge in [0, 0.05) is 11.1 Å². The van der Waals surface area contributed by atoms with E-state index in [-0.39, 0.29) is 35.2 Å². The van der Waals surface area contributed by atoms with E-state index in [9.17, 15) is 30.0 Å². The number of ether oxygens (including phenoxy) is 5. The molecule has 0 saturated carbocycles. The van der Waals surface area contributed by atoms with E-state index in [1.165, 1.54) is 43.5 Å². The van der Waals surface area contributed by atoms with Crippen LogP contribution in [0.2, 0.25) is 0 Å². The van der Waals surface area contributed by atoms with Gasteiger partial charge in [0.1, 0.15) is 30.2 Å². The molecular weight excluding hydrogens is 440 g/mol. The van der Waals surface area contributed by atoms with Crippen LogP contribution in [0.3, 0.4) is 0 Å². The number of carbonyl (C=O) groups excluding carboxylic acids is 2. The van der Waals surface area contributed by atoms with Crippen LogP contribution in [0.5, 0.6) is 23.0 Å². The lowest BCUT2D eigenvalue weighted by Gasteiger charge is -2.39. The Kier molecular flexibility index (Phi) is 6.49. The molecule has 4 N–H and O–H groups in total. The minimum atomic E-state index is -1.62. The van der Waals surface area contributed by atoms with Crippen molar-refractivity contribution in [2.45, 2.75) is 30.7 Å². The van der Waals surface area contributed by atoms with E-state index in [1.54, 1.807) is 0 Å². The summed E-state index contributed by atoms with van der Waals surface area (Å²) in [7, 11) is 1.40. The fourth-order valence-corrected chi connectivity index (χ4v) is 3.53. The standard InChI is InChI=1S/C22H22O11/c1-29-13-6-11(7-14-21(13)31-9-30-14)17(25)16(24)10-3-2-4-12(5-10)32-22-20(28)19(27)18(26)15(8-23)33-22/h2-7,15,18-20,22-23,26-28H,8-9H2,1H3/t15-,18-,19+,20-,22-/m1/s1. The lowest BCUT2D eigenvalue weighted by Crippen LogP contribution is -2.60. The van der Waals surface area contributed by atoms with Crippen molar-refractivity contribution < 1.29 is 53.7 Å². The van der Waals surface area contributed by atoms with E-state index in [4.69, 9.17) is 23.7 Å². The minimum absolute atomic E-state index is 0.00118. The number of carbonyl (C=O) groups is 2. The Morgan fingerprint density at radius 2 is 1.76 bits per heavy atom. The normalized spacial score (nSPS) is 26.0. The highest BCUT2D eigenvalue weighted by Gasteiger charge is 2.44. The summed E-state index contributed by atoms with van der Waals surface area (Å²) in [6.45, 7) is -0.647. The van der Waals surface area contributed by atoms with Crippen molar-refractivity contribution in [1.29, 1.82) is 0 Å². The van der Waals surface area contributed by atoms with Crippen molar-refractivity contribution >= 4 is 11.6 Å². The maximum atomic E-state index is 12.8. The molecule has 2 aromatic rings. The molecule has 0 spiro atoms. The molecule has 4 rings (SSSR count). The van der Waals surface area contributed by atoms with Gasteiger partial charge in [-0.15, -0.1) is 0 Å². The van der Waals surface area contributed by atoms with Gasteiger partial charge in [0.05, 0.1) is 13.7 Å². The molecule has 11 heteroatoms. The van der Waals surface area contributed by atoms with Gasteiger partial charge in [0.2, 0.25) is 30.4 Å². The molecular formula is C22H22O11. The van der Waals surface area contributed by atoms with Gasteiger partial charge in [-0.1, -0.05) is 12.1 Å². The first-order valence-corrected chi connectivity index (χ1v) is 9.98.